The topological polar surface area (TPSA) is 117 Å². The zero-order valence-corrected chi connectivity index (χ0v) is 18.6. The molecule has 1 aliphatic heterocycles. The normalized spacial score (nSPS) is 21.6. The molecule has 2 fully saturated rings. The molecule has 2 aromatic rings. The number of aromatic nitrogens is 2. The third-order valence-electron chi connectivity index (χ3n) is 6.12. The van der Waals surface area contributed by atoms with Crippen LogP contribution in [0.15, 0.2) is 30.3 Å². The fraction of sp³-hybridized carbons (Fsp3) is 0.478. The highest BCUT2D eigenvalue weighted by Crippen LogP contribution is 2.27. The number of nitriles is 1. The Morgan fingerprint density at radius 1 is 1.12 bits per heavy atom. The van der Waals surface area contributed by atoms with Crippen LogP contribution in [0.4, 0.5) is 5.82 Å². The fourth-order valence-electron chi connectivity index (χ4n) is 4.18. The number of carbonyl (C=O) groups excluding carboxylic acids is 1. The number of benzene rings is 1. The number of hydrogen-bond acceptors (Lipinski definition) is 7. The van der Waals surface area contributed by atoms with Crippen molar-refractivity contribution >= 4 is 23.3 Å². The van der Waals surface area contributed by atoms with E-state index in [4.69, 9.17) is 27.3 Å². The molecule has 32 heavy (non-hydrogen) atoms. The van der Waals surface area contributed by atoms with Crippen LogP contribution in [0.2, 0.25) is 5.02 Å². The number of hydrogen-bond donors (Lipinski definition) is 2. The van der Waals surface area contributed by atoms with E-state index in [2.05, 4.69) is 20.4 Å². The van der Waals surface area contributed by atoms with Gasteiger partial charge in [-0.2, -0.15) is 5.26 Å². The SMILES string of the molecule is N#Cc1ccc(O[C@H]2CC[C@H](NC(=O)c3ccc(N4CCC(N)CC4)nn3)CC2)cc1Cl. The number of ether oxygens (including phenoxy) is 1. The smallest absolute Gasteiger partial charge is 0.272 e. The number of carbonyl (C=O) groups is 1. The molecule has 1 saturated heterocycles. The van der Waals surface area contributed by atoms with Crippen LogP contribution in [0.5, 0.6) is 5.75 Å². The summed E-state index contributed by atoms with van der Waals surface area (Å²) in [5, 5.41) is 20.8. The number of amides is 1. The Labute approximate surface area is 192 Å². The maximum atomic E-state index is 12.6. The van der Waals surface area contributed by atoms with E-state index in [1.54, 1.807) is 24.3 Å². The highest BCUT2D eigenvalue weighted by atomic mass is 35.5. The first-order chi connectivity index (χ1) is 15.5. The van der Waals surface area contributed by atoms with Gasteiger partial charge in [-0.1, -0.05) is 11.6 Å². The number of nitrogens with one attached hydrogen (secondary N) is 1. The molecule has 1 aliphatic carbocycles. The molecule has 0 spiro atoms. The van der Waals surface area contributed by atoms with Crippen molar-refractivity contribution in [2.24, 2.45) is 5.73 Å². The summed E-state index contributed by atoms with van der Waals surface area (Å²) >= 11 is 6.08. The molecule has 0 atom stereocenters. The molecule has 9 heteroatoms. The van der Waals surface area contributed by atoms with Gasteiger partial charge in [0.2, 0.25) is 0 Å². The lowest BCUT2D eigenvalue weighted by molar-refractivity contribution is 0.0888. The number of piperidine rings is 1. The van der Waals surface area contributed by atoms with Crippen molar-refractivity contribution in [3.8, 4) is 11.8 Å². The summed E-state index contributed by atoms with van der Waals surface area (Å²) in [6.07, 6.45) is 5.22. The molecule has 8 nitrogen and oxygen atoms in total. The highest BCUT2D eigenvalue weighted by Gasteiger charge is 2.25. The van der Waals surface area contributed by atoms with Gasteiger partial charge >= 0.3 is 0 Å². The Morgan fingerprint density at radius 2 is 1.88 bits per heavy atom. The first-order valence-corrected chi connectivity index (χ1v) is 11.4. The van der Waals surface area contributed by atoms with Crippen LogP contribution in [0, 0.1) is 11.3 Å². The van der Waals surface area contributed by atoms with Crippen molar-refractivity contribution in [2.45, 2.75) is 56.7 Å². The maximum absolute atomic E-state index is 12.6. The molecular weight excluding hydrogens is 428 g/mol. The second kappa shape index (κ2) is 10.2. The minimum Gasteiger partial charge on any atom is -0.490 e. The number of halogens is 1. The van der Waals surface area contributed by atoms with Crippen LogP contribution in [-0.2, 0) is 0 Å². The van der Waals surface area contributed by atoms with Gasteiger partial charge in [-0.15, -0.1) is 10.2 Å². The molecule has 2 heterocycles. The lowest BCUT2D eigenvalue weighted by Crippen LogP contribution is -2.41. The molecule has 2 aliphatic rings. The monoisotopic (exact) mass is 454 g/mol. The summed E-state index contributed by atoms with van der Waals surface area (Å²) in [6.45, 7) is 1.72. The summed E-state index contributed by atoms with van der Waals surface area (Å²) in [6, 6.07) is 11.1. The van der Waals surface area contributed by atoms with Gasteiger partial charge in [0.1, 0.15) is 11.8 Å². The van der Waals surface area contributed by atoms with Crippen molar-refractivity contribution in [3.05, 3.63) is 46.6 Å². The minimum atomic E-state index is -0.201. The van der Waals surface area contributed by atoms with Crippen LogP contribution >= 0.6 is 11.6 Å². The quantitative estimate of drug-likeness (QED) is 0.712. The Morgan fingerprint density at radius 3 is 2.50 bits per heavy atom. The molecule has 3 N–H and O–H groups in total. The number of nitrogens with zero attached hydrogens (tertiary/aromatic N) is 4. The van der Waals surface area contributed by atoms with E-state index in [1.807, 2.05) is 12.1 Å². The van der Waals surface area contributed by atoms with Gasteiger partial charge in [0, 0.05) is 31.2 Å². The highest BCUT2D eigenvalue weighted by molar-refractivity contribution is 6.31. The van der Waals surface area contributed by atoms with E-state index in [9.17, 15) is 4.79 Å². The molecule has 168 valence electrons. The zero-order valence-electron chi connectivity index (χ0n) is 17.8. The second-order valence-electron chi connectivity index (χ2n) is 8.42. The van der Waals surface area contributed by atoms with E-state index in [0.29, 0.717) is 22.0 Å². The van der Waals surface area contributed by atoms with Crippen LogP contribution in [0.25, 0.3) is 0 Å². The van der Waals surface area contributed by atoms with E-state index >= 15 is 0 Å². The molecule has 0 unspecified atom stereocenters. The summed E-state index contributed by atoms with van der Waals surface area (Å²) in [5.74, 6) is 1.24. The lowest BCUT2D eigenvalue weighted by Gasteiger charge is -2.30. The van der Waals surface area contributed by atoms with Gasteiger partial charge in [0.05, 0.1) is 16.7 Å². The minimum absolute atomic E-state index is 0.0592. The average molecular weight is 455 g/mol. The number of nitrogens with two attached hydrogens (primary N) is 1. The molecule has 1 amide bonds. The van der Waals surface area contributed by atoms with Crippen LogP contribution in [0.3, 0.4) is 0 Å². The van der Waals surface area contributed by atoms with E-state index in [-0.39, 0.29) is 24.1 Å². The van der Waals surface area contributed by atoms with Gasteiger partial charge in [0.25, 0.3) is 5.91 Å². The summed E-state index contributed by atoms with van der Waals surface area (Å²) in [4.78, 5) is 14.8. The van der Waals surface area contributed by atoms with E-state index < -0.39 is 0 Å². The van der Waals surface area contributed by atoms with Crippen molar-refractivity contribution in [3.63, 3.8) is 0 Å². The summed E-state index contributed by atoms with van der Waals surface area (Å²) < 4.78 is 6.01. The molecular formula is C23H27ClN6O2. The average Bonchev–Trinajstić information content (AvgIpc) is 2.81. The standard InChI is InChI=1S/C23H27ClN6O2/c24-20-13-19(4-1-15(20)14-25)32-18-5-2-17(3-6-18)27-23(31)21-7-8-22(29-28-21)30-11-9-16(26)10-12-30/h1,4,7-8,13,16-18H,2-3,5-6,9-12,26H2,(H,27,31)/t17-,18-. The third-order valence-corrected chi connectivity index (χ3v) is 6.43. The molecule has 1 aromatic carbocycles. The second-order valence-corrected chi connectivity index (χ2v) is 8.83. The van der Waals surface area contributed by atoms with E-state index in [0.717, 1.165) is 57.4 Å². The summed E-state index contributed by atoms with van der Waals surface area (Å²) in [5.41, 5.74) is 6.71. The Bertz CT molecular complexity index is 977. The molecule has 1 saturated carbocycles. The zero-order chi connectivity index (χ0) is 22.5. The fourth-order valence-corrected chi connectivity index (χ4v) is 4.39. The molecule has 0 radical (unpaired) electrons. The Kier molecular flexibility index (Phi) is 7.08. The number of anilines is 1. The van der Waals surface area contributed by atoms with Crippen LogP contribution in [-0.4, -0.2) is 47.4 Å². The first-order valence-electron chi connectivity index (χ1n) is 11.0. The van der Waals surface area contributed by atoms with Gasteiger partial charge in [-0.25, -0.2) is 0 Å². The van der Waals surface area contributed by atoms with Gasteiger partial charge in [-0.3, -0.25) is 4.79 Å². The number of rotatable bonds is 5. The van der Waals surface area contributed by atoms with Crippen molar-refractivity contribution < 1.29 is 9.53 Å². The maximum Gasteiger partial charge on any atom is 0.272 e. The van der Waals surface area contributed by atoms with Gasteiger partial charge < -0.3 is 20.7 Å². The predicted molar refractivity (Wildman–Crippen MR) is 122 cm³/mol. The van der Waals surface area contributed by atoms with Crippen molar-refractivity contribution in [1.29, 1.82) is 5.26 Å². The van der Waals surface area contributed by atoms with Gasteiger partial charge in [-0.05, 0) is 62.8 Å². The first kappa shape index (κ1) is 22.3. The third kappa shape index (κ3) is 5.47. The van der Waals surface area contributed by atoms with Crippen molar-refractivity contribution in [2.75, 3.05) is 18.0 Å². The molecule has 1 aromatic heterocycles. The van der Waals surface area contributed by atoms with Crippen LogP contribution in [0.1, 0.15) is 54.6 Å². The predicted octanol–water partition coefficient (Wildman–Crippen LogP) is 3.05. The summed E-state index contributed by atoms with van der Waals surface area (Å²) in [7, 11) is 0. The Hall–Kier alpha value is -2.89. The van der Waals surface area contributed by atoms with E-state index in [1.165, 1.54) is 0 Å². The largest absolute Gasteiger partial charge is 0.490 e. The molecule has 0 bridgehead atoms. The van der Waals surface area contributed by atoms with Crippen molar-refractivity contribution in [1.82, 2.24) is 15.5 Å². The van der Waals surface area contributed by atoms with Gasteiger partial charge in [0.15, 0.2) is 11.5 Å². The van der Waals surface area contributed by atoms with Crippen LogP contribution < -0.4 is 20.7 Å². The molecule has 4 rings (SSSR count). The Balaban J connectivity index is 1.24. The lowest BCUT2D eigenvalue weighted by atomic mass is 9.93.